The maximum absolute atomic E-state index is 10.7. The van der Waals surface area contributed by atoms with E-state index < -0.39 is 11.9 Å². The van der Waals surface area contributed by atoms with Crippen molar-refractivity contribution in [3.05, 3.63) is 35.6 Å². The molecule has 14 heavy (non-hydrogen) atoms. The summed E-state index contributed by atoms with van der Waals surface area (Å²) in [5.74, 6) is -1.24. The molecule has 0 aliphatic rings. The van der Waals surface area contributed by atoms with Crippen LogP contribution in [0.2, 0.25) is 0 Å². The van der Waals surface area contributed by atoms with E-state index >= 15 is 0 Å². The molecule has 1 rings (SSSR count). The van der Waals surface area contributed by atoms with Gasteiger partial charge in [0.1, 0.15) is 5.75 Å². The van der Waals surface area contributed by atoms with Gasteiger partial charge >= 0.3 is 35.5 Å². The fourth-order valence-corrected chi connectivity index (χ4v) is 0.898. The second-order valence-corrected chi connectivity index (χ2v) is 2.42. The van der Waals surface area contributed by atoms with Gasteiger partial charge in [-0.3, -0.25) is 4.79 Å². The van der Waals surface area contributed by atoms with E-state index in [4.69, 9.17) is 10.5 Å². The number of esters is 1. The third-order valence-corrected chi connectivity index (χ3v) is 1.39. The van der Waals surface area contributed by atoms with E-state index in [0.29, 0.717) is 0 Å². The van der Waals surface area contributed by atoms with Gasteiger partial charge in [0.15, 0.2) is 0 Å². The van der Waals surface area contributed by atoms with Crippen LogP contribution in [0.4, 0.5) is 0 Å². The summed E-state index contributed by atoms with van der Waals surface area (Å²) < 4.78 is 4.73. The number of rotatable bonds is 2. The summed E-state index contributed by atoms with van der Waals surface area (Å²) in [6, 6.07) is 6.15. The SMILES string of the molecule is CC(=O)Oc1ccccc1C([NH-])=O.[Na+]. The second kappa shape index (κ2) is 5.80. The molecule has 0 fully saturated rings. The zero-order valence-corrected chi connectivity index (χ0v) is 10.0. The third kappa shape index (κ3) is 3.49. The molecule has 0 bridgehead atoms. The van der Waals surface area contributed by atoms with Crippen LogP contribution >= 0.6 is 0 Å². The molecule has 68 valence electrons. The molecule has 1 N–H and O–H groups in total. The Kier molecular flexibility index (Phi) is 5.45. The van der Waals surface area contributed by atoms with Crippen molar-refractivity contribution >= 4 is 11.9 Å². The summed E-state index contributed by atoms with van der Waals surface area (Å²) in [5.41, 5.74) is 6.97. The van der Waals surface area contributed by atoms with Gasteiger partial charge in [0.25, 0.3) is 0 Å². The Balaban J connectivity index is 0.00000169. The molecule has 0 heterocycles. The molecule has 0 saturated carbocycles. The molecule has 0 radical (unpaired) electrons. The molecular formula is C9H8NNaO3. The normalized spacial score (nSPS) is 8.64. The minimum Gasteiger partial charge on any atom is -0.663 e. The Hall–Kier alpha value is -0.840. The fraction of sp³-hybridized carbons (Fsp3) is 0.111. The Morgan fingerprint density at radius 1 is 1.29 bits per heavy atom. The average molecular weight is 201 g/mol. The molecule has 1 aromatic rings. The van der Waals surface area contributed by atoms with E-state index in [1.54, 1.807) is 12.1 Å². The Morgan fingerprint density at radius 2 is 1.86 bits per heavy atom. The quantitative estimate of drug-likeness (QED) is 0.343. The van der Waals surface area contributed by atoms with Crippen LogP contribution < -0.4 is 34.3 Å². The van der Waals surface area contributed by atoms with Crippen LogP contribution in [-0.2, 0) is 4.79 Å². The van der Waals surface area contributed by atoms with E-state index in [1.807, 2.05) is 0 Å². The molecule has 4 nitrogen and oxygen atoms in total. The molecule has 0 aliphatic heterocycles. The first-order valence-electron chi connectivity index (χ1n) is 3.64. The van der Waals surface area contributed by atoms with Gasteiger partial charge in [0.05, 0.1) is 5.91 Å². The Morgan fingerprint density at radius 3 is 2.36 bits per heavy atom. The molecule has 0 aliphatic carbocycles. The summed E-state index contributed by atoms with van der Waals surface area (Å²) in [6.45, 7) is 1.24. The molecule has 0 aromatic heterocycles. The van der Waals surface area contributed by atoms with Crippen molar-refractivity contribution in [2.24, 2.45) is 0 Å². The maximum Gasteiger partial charge on any atom is 1.00 e. The van der Waals surface area contributed by atoms with Gasteiger partial charge in [-0.2, -0.15) is 0 Å². The van der Waals surface area contributed by atoms with Gasteiger partial charge in [-0.25, -0.2) is 0 Å². The van der Waals surface area contributed by atoms with Crippen molar-refractivity contribution < 1.29 is 43.9 Å². The fourth-order valence-electron chi connectivity index (χ4n) is 0.898. The van der Waals surface area contributed by atoms with Crippen molar-refractivity contribution in [1.82, 2.24) is 0 Å². The topological polar surface area (TPSA) is 67.2 Å². The van der Waals surface area contributed by atoms with E-state index in [1.165, 1.54) is 19.1 Å². The number of hydrogen-bond acceptors (Lipinski definition) is 3. The van der Waals surface area contributed by atoms with Gasteiger partial charge in [-0.05, 0) is 12.1 Å². The third-order valence-electron chi connectivity index (χ3n) is 1.39. The van der Waals surface area contributed by atoms with Crippen LogP contribution in [-0.4, -0.2) is 11.9 Å². The first kappa shape index (κ1) is 13.2. The molecule has 0 atom stereocenters. The number of carbonyl (C=O) groups excluding carboxylic acids is 2. The molecule has 1 aromatic carbocycles. The molecular weight excluding hydrogens is 193 g/mol. The van der Waals surface area contributed by atoms with E-state index in [9.17, 15) is 9.59 Å². The number of amides is 1. The summed E-state index contributed by atoms with van der Waals surface area (Å²) >= 11 is 0. The number of hydrogen-bond donors (Lipinski definition) is 0. The van der Waals surface area contributed by atoms with Crippen LogP contribution in [0.1, 0.15) is 17.3 Å². The van der Waals surface area contributed by atoms with Crippen LogP contribution in [0.25, 0.3) is 5.73 Å². The van der Waals surface area contributed by atoms with Crippen molar-refractivity contribution in [3.8, 4) is 5.75 Å². The van der Waals surface area contributed by atoms with Gasteiger partial charge in [0, 0.05) is 12.5 Å². The number of carbonyl (C=O) groups is 2. The minimum atomic E-state index is -0.864. The average Bonchev–Trinajstić information content (AvgIpc) is 2.03. The standard InChI is InChI=1S/C9H9NO3.Na/c1-6(11)13-8-5-3-2-4-7(8)9(10)12;/h2-5H,1H3,(H2,10,12);/q;+1/p-1. The minimum absolute atomic E-state index is 0. The van der Waals surface area contributed by atoms with Crippen LogP contribution in [0.5, 0.6) is 5.75 Å². The molecule has 5 heteroatoms. The molecule has 0 saturated heterocycles. The van der Waals surface area contributed by atoms with Gasteiger partial charge < -0.3 is 15.3 Å². The predicted octanol–water partition coefficient (Wildman–Crippen LogP) is -1.19. The summed E-state index contributed by atoms with van der Waals surface area (Å²) in [5, 5.41) is 0. The number of benzene rings is 1. The first-order chi connectivity index (χ1) is 6.11. The summed E-state index contributed by atoms with van der Waals surface area (Å²) in [7, 11) is 0. The predicted molar refractivity (Wildman–Crippen MR) is 46.4 cm³/mol. The molecule has 1 amide bonds. The zero-order chi connectivity index (χ0) is 9.84. The maximum atomic E-state index is 10.7. The largest absolute Gasteiger partial charge is 1.00 e. The van der Waals surface area contributed by atoms with Crippen molar-refractivity contribution in [2.75, 3.05) is 0 Å². The van der Waals surface area contributed by atoms with E-state index in [2.05, 4.69) is 0 Å². The Bertz CT molecular complexity index is 352. The van der Waals surface area contributed by atoms with Gasteiger partial charge in [0.2, 0.25) is 0 Å². The van der Waals surface area contributed by atoms with Crippen molar-refractivity contribution in [1.29, 1.82) is 0 Å². The summed E-state index contributed by atoms with van der Waals surface area (Å²) in [6.07, 6.45) is 0. The van der Waals surface area contributed by atoms with Crippen LogP contribution in [0, 0.1) is 0 Å². The van der Waals surface area contributed by atoms with Crippen molar-refractivity contribution in [3.63, 3.8) is 0 Å². The van der Waals surface area contributed by atoms with Gasteiger partial charge in [-0.1, -0.05) is 12.1 Å². The number of para-hydroxylation sites is 1. The summed E-state index contributed by atoms with van der Waals surface area (Å²) in [4.78, 5) is 21.3. The van der Waals surface area contributed by atoms with Crippen LogP contribution in [0.15, 0.2) is 24.3 Å². The number of nitrogens with one attached hydrogen (secondary N) is 1. The molecule has 0 spiro atoms. The van der Waals surface area contributed by atoms with E-state index in [0.717, 1.165) is 0 Å². The van der Waals surface area contributed by atoms with E-state index in [-0.39, 0.29) is 40.9 Å². The van der Waals surface area contributed by atoms with Gasteiger partial charge in [-0.15, -0.1) is 0 Å². The zero-order valence-electron chi connectivity index (χ0n) is 8.03. The smallest absolute Gasteiger partial charge is 0.663 e. The first-order valence-corrected chi connectivity index (χ1v) is 3.64. The number of ether oxygens (including phenoxy) is 1. The Labute approximate surface area is 104 Å². The monoisotopic (exact) mass is 201 g/mol. The molecule has 0 unspecified atom stereocenters. The van der Waals surface area contributed by atoms with Crippen LogP contribution in [0.3, 0.4) is 0 Å². The second-order valence-electron chi connectivity index (χ2n) is 2.42. The van der Waals surface area contributed by atoms with Crippen molar-refractivity contribution in [2.45, 2.75) is 6.92 Å².